The minimum atomic E-state index is -0.434. The van der Waals surface area contributed by atoms with E-state index >= 15 is 0 Å². The fraction of sp³-hybridized carbons (Fsp3) is 0.261. The number of Topliss-reactive ketones (excluding diaryl/α,β-unsaturated/α-hetero) is 1. The Labute approximate surface area is 163 Å². The van der Waals surface area contributed by atoms with Gasteiger partial charge in [0.25, 0.3) is 11.7 Å². The zero-order valence-corrected chi connectivity index (χ0v) is 15.6. The summed E-state index contributed by atoms with van der Waals surface area (Å²) in [5.74, 6) is -0.836. The van der Waals surface area contributed by atoms with Crippen molar-refractivity contribution in [2.24, 2.45) is 0 Å². The number of nitriles is 1. The van der Waals surface area contributed by atoms with Gasteiger partial charge in [-0.05, 0) is 43.0 Å². The number of fused-ring (bicyclic) bond motifs is 1. The molecule has 1 aliphatic rings. The predicted molar refractivity (Wildman–Crippen MR) is 107 cm³/mol. The lowest BCUT2D eigenvalue weighted by Crippen LogP contribution is -2.40. The number of amides is 1. The van der Waals surface area contributed by atoms with E-state index in [1.54, 1.807) is 23.2 Å². The van der Waals surface area contributed by atoms with Gasteiger partial charge in [-0.2, -0.15) is 5.26 Å². The van der Waals surface area contributed by atoms with Crippen molar-refractivity contribution in [2.75, 3.05) is 13.1 Å². The van der Waals surface area contributed by atoms with Gasteiger partial charge in [-0.3, -0.25) is 9.59 Å². The molecule has 0 saturated carbocycles. The summed E-state index contributed by atoms with van der Waals surface area (Å²) in [5.41, 5.74) is 3.02. The summed E-state index contributed by atoms with van der Waals surface area (Å²) in [6.07, 6.45) is 4.81. The van der Waals surface area contributed by atoms with E-state index in [9.17, 15) is 9.59 Å². The van der Waals surface area contributed by atoms with Crippen LogP contribution in [0, 0.1) is 11.3 Å². The van der Waals surface area contributed by atoms with Gasteiger partial charge < -0.3 is 9.47 Å². The lowest BCUT2D eigenvalue weighted by atomic mass is 10.1. The molecule has 0 radical (unpaired) electrons. The highest BCUT2D eigenvalue weighted by molar-refractivity contribution is 6.44. The van der Waals surface area contributed by atoms with E-state index < -0.39 is 11.7 Å². The first-order chi connectivity index (χ1) is 13.7. The third-order valence-electron chi connectivity index (χ3n) is 5.31. The summed E-state index contributed by atoms with van der Waals surface area (Å²) in [4.78, 5) is 27.4. The molecule has 1 amide bonds. The fourth-order valence-electron chi connectivity index (χ4n) is 3.80. The number of carbonyl (C=O) groups is 2. The van der Waals surface area contributed by atoms with Gasteiger partial charge in [-0.25, -0.2) is 0 Å². The van der Waals surface area contributed by atoms with Crippen molar-refractivity contribution in [3.8, 4) is 6.07 Å². The summed E-state index contributed by atoms with van der Waals surface area (Å²) in [6.45, 7) is 1.89. The highest BCUT2D eigenvalue weighted by atomic mass is 16.2. The molecule has 4 rings (SSSR count). The van der Waals surface area contributed by atoms with Crippen LogP contribution in [0.25, 0.3) is 10.9 Å². The van der Waals surface area contributed by atoms with Gasteiger partial charge in [-0.15, -0.1) is 0 Å². The number of carbonyl (C=O) groups excluding carboxylic acids is 2. The third-order valence-corrected chi connectivity index (χ3v) is 5.31. The number of likely N-dealkylation sites (tertiary alicyclic amines) is 1. The number of para-hydroxylation sites is 1. The summed E-state index contributed by atoms with van der Waals surface area (Å²) in [6, 6.07) is 17.2. The molecule has 2 aromatic carbocycles. The van der Waals surface area contributed by atoms with E-state index in [0.29, 0.717) is 30.8 Å². The molecule has 1 aliphatic heterocycles. The van der Waals surface area contributed by atoms with Crippen LogP contribution in [0.3, 0.4) is 0 Å². The predicted octanol–water partition coefficient (Wildman–Crippen LogP) is 3.76. The molecule has 1 saturated heterocycles. The van der Waals surface area contributed by atoms with Crippen LogP contribution in [0.4, 0.5) is 0 Å². The molecular weight excluding hydrogens is 350 g/mol. The van der Waals surface area contributed by atoms with Crippen molar-refractivity contribution in [1.82, 2.24) is 9.47 Å². The van der Waals surface area contributed by atoms with E-state index in [-0.39, 0.29) is 0 Å². The van der Waals surface area contributed by atoms with Crippen molar-refractivity contribution in [2.45, 2.75) is 25.8 Å². The monoisotopic (exact) mass is 371 g/mol. The maximum Gasteiger partial charge on any atom is 0.295 e. The topological polar surface area (TPSA) is 66.1 Å². The number of benzene rings is 2. The Morgan fingerprint density at radius 3 is 2.39 bits per heavy atom. The quantitative estimate of drug-likeness (QED) is 0.518. The normalized spacial score (nSPS) is 14.0. The first-order valence-electron chi connectivity index (χ1n) is 9.58. The number of hydrogen-bond donors (Lipinski definition) is 0. The largest absolute Gasteiger partial charge is 0.342 e. The minimum absolute atomic E-state index is 0.402. The molecule has 0 atom stereocenters. The Morgan fingerprint density at radius 1 is 0.964 bits per heavy atom. The Balaban J connectivity index is 1.66. The highest BCUT2D eigenvalue weighted by Gasteiger charge is 2.27. The number of ketones is 1. The smallest absolute Gasteiger partial charge is 0.295 e. The molecule has 140 valence electrons. The van der Waals surface area contributed by atoms with E-state index in [2.05, 4.69) is 6.07 Å². The Hall–Kier alpha value is -3.39. The van der Waals surface area contributed by atoms with E-state index in [1.807, 2.05) is 41.0 Å². The van der Waals surface area contributed by atoms with Crippen molar-refractivity contribution < 1.29 is 9.59 Å². The van der Waals surface area contributed by atoms with Gasteiger partial charge in [0, 0.05) is 36.7 Å². The molecule has 28 heavy (non-hydrogen) atoms. The lowest BCUT2D eigenvalue weighted by molar-refractivity contribution is -0.127. The van der Waals surface area contributed by atoms with Crippen molar-refractivity contribution >= 4 is 22.6 Å². The number of rotatable bonds is 4. The molecule has 0 spiro atoms. The molecule has 0 aliphatic carbocycles. The second-order valence-corrected chi connectivity index (χ2v) is 7.18. The molecule has 0 unspecified atom stereocenters. The molecule has 2 heterocycles. The van der Waals surface area contributed by atoms with Crippen molar-refractivity contribution in [3.63, 3.8) is 0 Å². The van der Waals surface area contributed by atoms with E-state index in [4.69, 9.17) is 5.26 Å². The van der Waals surface area contributed by atoms with E-state index in [0.717, 1.165) is 35.7 Å². The van der Waals surface area contributed by atoms with Gasteiger partial charge in [0.15, 0.2) is 0 Å². The molecule has 0 N–H and O–H groups in total. The Kier molecular flexibility index (Phi) is 4.94. The summed E-state index contributed by atoms with van der Waals surface area (Å²) < 4.78 is 1.99. The Morgan fingerprint density at radius 2 is 1.68 bits per heavy atom. The van der Waals surface area contributed by atoms with E-state index in [1.165, 1.54) is 0 Å². The molecule has 5 heteroatoms. The second-order valence-electron chi connectivity index (χ2n) is 7.18. The van der Waals surface area contributed by atoms with Crippen LogP contribution in [0.2, 0.25) is 0 Å². The third kappa shape index (κ3) is 3.41. The molecule has 0 bridgehead atoms. The maximum atomic E-state index is 13.0. The lowest BCUT2D eigenvalue weighted by Gasteiger charge is -2.25. The standard InChI is InChI=1S/C23H21N3O2/c24-14-17-8-10-18(11-9-17)15-26-16-20(19-6-2-3-7-21(19)26)22(27)23(28)25-12-4-1-5-13-25/h2-3,6-11,16H,1,4-5,12-13,15H2. The van der Waals surface area contributed by atoms with Crippen LogP contribution in [0.15, 0.2) is 54.7 Å². The molecule has 3 aromatic rings. The minimum Gasteiger partial charge on any atom is -0.342 e. The molecular formula is C23H21N3O2. The second kappa shape index (κ2) is 7.69. The van der Waals surface area contributed by atoms with Crippen LogP contribution in [0.5, 0.6) is 0 Å². The van der Waals surface area contributed by atoms with Crippen LogP contribution in [0.1, 0.15) is 40.7 Å². The first-order valence-corrected chi connectivity index (χ1v) is 9.58. The van der Waals surface area contributed by atoms with Gasteiger partial charge in [-0.1, -0.05) is 30.3 Å². The zero-order chi connectivity index (χ0) is 19.5. The average Bonchev–Trinajstić information content (AvgIpc) is 3.12. The zero-order valence-electron chi connectivity index (χ0n) is 15.6. The average molecular weight is 371 g/mol. The van der Waals surface area contributed by atoms with Crippen LogP contribution < -0.4 is 0 Å². The van der Waals surface area contributed by atoms with Gasteiger partial charge in [0.05, 0.1) is 17.2 Å². The van der Waals surface area contributed by atoms with Gasteiger partial charge >= 0.3 is 0 Å². The number of hydrogen-bond acceptors (Lipinski definition) is 3. The van der Waals surface area contributed by atoms with Crippen LogP contribution in [-0.2, 0) is 11.3 Å². The number of piperidine rings is 1. The molecule has 5 nitrogen and oxygen atoms in total. The fourth-order valence-corrected chi connectivity index (χ4v) is 3.80. The summed E-state index contributed by atoms with van der Waals surface area (Å²) in [7, 11) is 0. The highest BCUT2D eigenvalue weighted by Crippen LogP contribution is 2.24. The SMILES string of the molecule is N#Cc1ccc(Cn2cc(C(=O)C(=O)N3CCCCC3)c3ccccc32)cc1. The van der Waals surface area contributed by atoms with Crippen LogP contribution in [-0.4, -0.2) is 34.2 Å². The first kappa shape index (κ1) is 18.0. The van der Waals surface area contributed by atoms with Gasteiger partial charge in [0.2, 0.25) is 0 Å². The molecule has 1 fully saturated rings. The van der Waals surface area contributed by atoms with Crippen LogP contribution >= 0.6 is 0 Å². The van der Waals surface area contributed by atoms with Gasteiger partial charge in [0.1, 0.15) is 0 Å². The van der Waals surface area contributed by atoms with Crippen molar-refractivity contribution in [1.29, 1.82) is 5.26 Å². The maximum absolute atomic E-state index is 13.0. The Bertz CT molecular complexity index is 1070. The number of aromatic nitrogens is 1. The molecule has 1 aromatic heterocycles. The summed E-state index contributed by atoms with van der Waals surface area (Å²) in [5, 5.41) is 9.75. The summed E-state index contributed by atoms with van der Waals surface area (Å²) >= 11 is 0. The number of nitrogens with zero attached hydrogens (tertiary/aromatic N) is 3. The van der Waals surface area contributed by atoms with Crippen molar-refractivity contribution in [3.05, 3.63) is 71.4 Å².